The van der Waals surface area contributed by atoms with Gasteiger partial charge in [0.1, 0.15) is 5.75 Å². The molecule has 0 saturated carbocycles. The number of carbonyl (C=O) groups is 2. The van der Waals surface area contributed by atoms with Gasteiger partial charge in [-0.15, -0.1) is 0 Å². The summed E-state index contributed by atoms with van der Waals surface area (Å²) in [4.78, 5) is 36.1. The Balaban J connectivity index is 1.86. The number of nitro groups is 1. The molecule has 0 spiro atoms. The largest absolute Gasteiger partial charge is 0.497 e. The summed E-state index contributed by atoms with van der Waals surface area (Å²) in [6, 6.07) is 11.0. The molecule has 148 valence electrons. The van der Waals surface area contributed by atoms with Crippen molar-refractivity contribution in [3.05, 3.63) is 57.1 Å². The Morgan fingerprint density at radius 1 is 1.14 bits per heavy atom. The first-order chi connectivity index (χ1) is 13.3. The summed E-state index contributed by atoms with van der Waals surface area (Å²) < 4.78 is 5.50. The van der Waals surface area contributed by atoms with Gasteiger partial charge >= 0.3 is 0 Å². The number of nitrogens with one attached hydrogen (secondary N) is 2. The van der Waals surface area contributed by atoms with E-state index >= 15 is 0 Å². The van der Waals surface area contributed by atoms with Crippen LogP contribution in [0.3, 0.4) is 0 Å². The van der Waals surface area contributed by atoms with Crippen LogP contribution in [0.25, 0.3) is 0 Å². The fourth-order valence-electron chi connectivity index (χ4n) is 2.36. The first-order valence-corrected chi connectivity index (χ1v) is 8.94. The molecule has 0 aliphatic heterocycles. The molecule has 0 atom stereocenters. The van der Waals surface area contributed by atoms with Crippen molar-refractivity contribution in [1.82, 2.24) is 4.90 Å². The molecule has 2 aromatic rings. The molecular formula is C18H19BrN4O5. The van der Waals surface area contributed by atoms with Crippen molar-refractivity contribution in [1.29, 1.82) is 0 Å². The zero-order chi connectivity index (χ0) is 20.7. The Bertz CT molecular complexity index is 890. The van der Waals surface area contributed by atoms with Gasteiger partial charge in [-0.3, -0.25) is 24.6 Å². The smallest absolute Gasteiger partial charge is 0.270 e. The van der Waals surface area contributed by atoms with E-state index in [0.29, 0.717) is 21.6 Å². The van der Waals surface area contributed by atoms with E-state index in [1.165, 1.54) is 25.3 Å². The SMILES string of the molecule is COc1cccc(NC(=O)CN(C)CC(=O)Nc2ccc([N+](=O)[O-])cc2Br)c1. The first kappa shape index (κ1) is 21.3. The molecule has 0 radical (unpaired) electrons. The number of rotatable bonds is 8. The van der Waals surface area contributed by atoms with E-state index in [0.717, 1.165) is 0 Å². The molecule has 0 saturated heterocycles. The molecule has 2 rings (SSSR count). The third-order valence-electron chi connectivity index (χ3n) is 3.62. The second kappa shape index (κ2) is 9.81. The second-order valence-electron chi connectivity index (χ2n) is 5.92. The highest BCUT2D eigenvalue weighted by Crippen LogP contribution is 2.27. The zero-order valence-electron chi connectivity index (χ0n) is 15.3. The van der Waals surface area contributed by atoms with Crippen LogP contribution in [0.1, 0.15) is 0 Å². The molecule has 10 heteroatoms. The lowest BCUT2D eigenvalue weighted by atomic mass is 10.3. The van der Waals surface area contributed by atoms with Crippen LogP contribution in [0.4, 0.5) is 17.1 Å². The number of ether oxygens (including phenoxy) is 1. The highest BCUT2D eigenvalue weighted by molar-refractivity contribution is 9.10. The van der Waals surface area contributed by atoms with E-state index in [9.17, 15) is 19.7 Å². The van der Waals surface area contributed by atoms with Crippen molar-refractivity contribution in [2.24, 2.45) is 0 Å². The number of amides is 2. The van der Waals surface area contributed by atoms with E-state index < -0.39 is 4.92 Å². The van der Waals surface area contributed by atoms with E-state index in [-0.39, 0.29) is 30.6 Å². The summed E-state index contributed by atoms with van der Waals surface area (Å²) in [7, 11) is 3.17. The topological polar surface area (TPSA) is 114 Å². The summed E-state index contributed by atoms with van der Waals surface area (Å²) in [6.45, 7) is -0.0268. The van der Waals surface area contributed by atoms with Crippen molar-refractivity contribution in [2.45, 2.75) is 0 Å². The van der Waals surface area contributed by atoms with E-state index in [1.54, 1.807) is 36.2 Å². The molecule has 2 aromatic carbocycles. The Kier molecular flexibility index (Phi) is 7.47. The van der Waals surface area contributed by atoms with Crippen LogP contribution in [0.5, 0.6) is 5.75 Å². The van der Waals surface area contributed by atoms with Gasteiger partial charge < -0.3 is 15.4 Å². The molecule has 0 unspecified atom stereocenters. The van der Waals surface area contributed by atoms with Crippen LogP contribution >= 0.6 is 15.9 Å². The van der Waals surface area contributed by atoms with E-state index in [2.05, 4.69) is 26.6 Å². The van der Waals surface area contributed by atoms with Crippen LogP contribution in [0.15, 0.2) is 46.9 Å². The van der Waals surface area contributed by atoms with E-state index in [4.69, 9.17) is 4.74 Å². The van der Waals surface area contributed by atoms with Crippen molar-refractivity contribution in [2.75, 3.05) is 37.9 Å². The summed E-state index contributed by atoms with van der Waals surface area (Å²) >= 11 is 3.19. The molecule has 0 heterocycles. The maximum absolute atomic E-state index is 12.2. The Morgan fingerprint density at radius 2 is 1.82 bits per heavy atom. The molecule has 0 aliphatic rings. The van der Waals surface area contributed by atoms with Crippen molar-refractivity contribution in [3.8, 4) is 5.75 Å². The Hall–Kier alpha value is -2.98. The minimum absolute atomic E-state index is 0.00601. The molecule has 0 aliphatic carbocycles. The predicted molar refractivity (Wildman–Crippen MR) is 109 cm³/mol. The van der Waals surface area contributed by atoms with Gasteiger partial charge in [0.25, 0.3) is 5.69 Å². The third kappa shape index (κ3) is 6.32. The lowest BCUT2D eigenvalue weighted by molar-refractivity contribution is -0.384. The fourth-order valence-corrected chi connectivity index (χ4v) is 2.82. The average Bonchev–Trinajstić information content (AvgIpc) is 2.62. The number of hydrogen-bond acceptors (Lipinski definition) is 6. The monoisotopic (exact) mass is 450 g/mol. The van der Waals surface area contributed by atoms with Crippen molar-refractivity contribution >= 4 is 44.8 Å². The van der Waals surface area contributed by atoms with Crippen molar-refractivity contribution in [3.63, 3.8) is 0 Å². The van der Waals surface area contributed by atoms with Crippen LogP contribution in [0.2, 0.25) is 0 Å². The lowest BCUT2D eigenvalue weighted by Crippen LogP contribution is -2.36. The van der Waals surface area contributed by atoms with Gasteiger partial charge in [-0.1, -0.05) is 6.07 Å². The van der Waals surface area contributed by atoms with Gasteiger partial charge in [-0.2, -0.15) is 0 Å². The molecule has 2 amide bonds. The Morgan fingerprint density at radius 3 is 2.43 bits per heavy atom. The number of nitro benzene ring substituents is 1. The number of nitrogens with zero attached hydrogens (tertiary/aromatic N) is 2. The minimum Gasteiger partial charge on any atom is -0.497 e. The lowest BCUT2D eigenvalue weighted by Gasteiger charge is -2.16. The molecular weight excluding hydrogens is 432 g/mol. The quantitative estimate of drug-likeness (QED) is 0.472. The van der Waals surface area contributed by atoms with Gasteiger partial charge in [0.2, 0.25) is 11.8 Å². The summed E-state index contributed by atoms with van der Waals surface area (Å²) in [5, 5.41) is 16.1. The molecule has 9 nitrogen and oxygen atoms in total. The van der Waals surface area contributed by atoms with Gasteiger partial charge in [0.05, 0.1) is 30.8 Å². The maximum Gasteiger partial charge on any atom is 0.270 e. The molecule has 0 fully saturated rings. The van der Waals surface area contributed by atoms with Crippen LogP contribution in [-0.2, 0) is 9.59 Å². The maximum atomic E-state index is 12.2. The van der Waals surface area contributed by atoms with Crippen LogP contribution in [-0.4, -0.2) is 48.9 Å². The van der Waals surface area contributed by atoms with Gasteiger partial charge in [0, 0.05) is 28.4 Å². The van der Waals surface area contributed by atoms with E-state index in [1.807, 2.05) is 0 Å². The summed E-state index contributed by atoms with van der Waals surface area (Å²) in [6.07, 6.45) is 0. The third-order valence-corrected chi connectivity index (χ3v) is 4.27. The zero-order valence-corrected chi connectivity index (χ0v) is 16.9. The number of benzene rings is 2. The number of halogens is 1. The number of likely N-dealkylation sites (N-methyl/N-ethyl adjacent to an activating group) is 1. The number of hydrogen-bond donors (Lipinski definition) is 2. The normalized spacial score (nSPS) is 10.4. The first-order valence-electron chi connectivity index (χ1n) is 8.14. The highest BCUT2D eigenvalue weighted by atomic mass is 79.9. The minimum atomic E-state index is -0.523. The number of anilines is 2. The predicted octanol–water partition coefficient (Wildman–Crippen LogP) is 2.87. The van der Waals surface area contributed by atoms with Crippen LogP contribution in [0, 0.1) is 10.1 Å². The average molecular weight is 451 g/mol. The molecule has 2 N–H and O–H groups in total. The van der Waals surface area contributed by atoms with Gasteiger partial charge in [-0.05, 0) is 41.2 Å². The second-order valence-corrected chi connectivity index (χ2v) is 6.78. The fraction of sp³-hybridized carbons (Fsp3) is 0.222. The number of carbonyl (C=O) groups excluding carboxylic acids is 2. The summed E-state index contributed by atoms with van der Waals surface area (Å²) in [5.41, 5.74) is 0.915. The Labute approximate surface area is 169 Å². The molecule has 28 heavy (non-hydrogen) atoms. The van der Waals surface area contributed by atoms with Crippen LogP contribution < -0.4 is 15.4 Å². The number of non-ortho nitro benzene ring substituents is 1. The standard InChI is InChI=1S/C18H19BrN4O5/c1-22(10-17(24)20-12-4-3-5-14(8-12)28-2)11-18(25)21-16-7-6-13(23(26)27)9-15(16)19/h3-9H,10-11H2,1-2H3,(H,20,24)(H,21,25). The van der Waals surface area contributed by atoms with Crippen molar-refractivity contribution < 1.29 is 19.2 Å². The molecule has 0 aromatic heterocycles. The number of methoxy groups -OCH3 is 1. The molecule has 0 bridgehead atoms. The van der Waals surface area contributed by atoms with Gasteiger partial charge in [0.15, 0.2) is 0 Å². The summed E-state index contributed by atoms with van der Waals surface area (Å²) in [5.74, 6) is -0.00879. The van der Waals surface area contributed by atoms with Gasteiger partial charge in [-0.25, -0.2) is 0 Å². The highest BCUT2D eigenvalue weighted by Gasteiger charge is 2.14.